The number of hydrogen-bond donors (Lipinski definition) is 0. The van der Waals surface area contributed by atoms with Gasteiger partial charge in [0.25, 0.3) is 0 Å². The van der Waals surface area contributed by atoms with Gasteiger partial charge in [-0.25, -0.2) is 0 Å². The SMILES string of the molecule is CCCCCCCCCCCCCCCCCCN1CC=NC1. The minimum atomic E-state index is 0.943. The summed E-state index contributed by atoms with van der Waals surface area (Å²) in [4.78, 5) is 6.69. The molecule has 23 heavy (non-hydrogen) atoms. The molecule has 0 aliphatic carbocycles. The Hall–Kier alpha value is -0.370. The summed E-state index contributed by atoms with van der Waals surface area (Å²) >= 11 is 0. The van der Waals surface area contributed by atoms with E-state index in [1.807, 2.05) is 6.21 Å². The Bertz CT molecular complexity index is 255. The van der Waals surface area contributed by atoms with Crippen molar-refractivity contribution in [3.63, 3.8) is 0 Å². The van der Waals surface area contributed by atoms with Crippen molar-refractivity contribution in [3.05, 3.63) is 0 Å². The van der Waals surface area contributed by atoms with Crippen molar-refractivity contribution in [1.82, 2.24) is 4.90 Å². The summed E-state index contributed by atoms with van der Waals surface area (Å²) in [5.41, 5.74) is 0. The Kier molecular flexibility index (Phi) is 14.8. The van der Waals surface area contributed by atoms with E-state index < -0.39 is 0 Å². The maximum absolute atomic E-state index is 4.26. The van der Waals surface area contributed by atoms with E-state index in [9.17, 15) is 0 Å². The van der Waals surface area contributed by atoms with Gasteiger partial charge in [0.2, 0.25) is 0 Å². The molecule has 0 N–H and O–H groups in total. The van der Waals surface area contributed by atoms with Gasteiger partial charge in [0.1, 0.15) is 0 Å². The average Bonchev–Trinajstić information content (AvgIpc) is 3.08. The van der Waals surface area contributed by atoms with Gasteiger partial charge in [0.05, 0.1) is 6.67 Å². The van der Waals surface area contributed by atoms with Gasteiger partial charge in [-0.1, -0.05) is 103 Å². The van der Waals surface area contributed by atoms with Gasteiger partial charge in [-0.05, 0) is 6.42 Å². The lowest BCUT2D eigenvalue weighted by molar-refractivity contribution is 0.331. The maximum Gasteiger partial charge on any atom is 0.0909 e. The van der Waals surface area contributed by atoms with Crippen molar-refractivity contribution >= 4 is 6.21 Å². The van der Waals surface area contributed by atoms with Crippen molar-refractivity contribution in [2.45, 2.75) is 110 Å². The molecule has 2 heteroatoms. The van der Waals surface area contributed by atoms with Crippen LogP contribution in [0, 0.1) is 0 Å². The Morgan fingerprint density at radius 2 is 1.09 bits per heavy atom. The molecule has 0 bridgehead atoms. The summed E-state index contributed by atoms with van der Waals surface area (Å²) in [6.45, 7) is 5.57. The summed E-state index contributed by atoms with van der Waals surface area (Å²) in [5.74, 6) is 0. The van der Waals surface area contributed by atoms with Gasteiger partial charge in [0.15, 0.2) is 0 Å². The van der Waals surface area contributed by atoms with Crippen LogP contribution in [0.4, 0.5) is 0 Å². The highest BCUT2D eigenvalue weighted by Crippen LogP contribution is 2.13. The molecule has 0 unspecified atom stereocenters. The minimum absolute atomic E-state index is 0.943. The fourth-order valence-electron chi connectivity index (χ4n) is 3.45. The van der Waals surface area contributed by atoms with Crippen LogP contribution in [0.2, 0.25) is 0 Å². The molecule has 0 amide bonds. The first-order valence-electron chi connectivity index (χ1n) is 10.6. The molecule has 0 radical (unpaired) electrons. The molecule has 0 aromatic rings. The van der Waals surface area contributed by atoms with Crippen molar-refractivity contribution in [3.8, 4) is 0 Å². The quantitative estimate of drug-likeness (QED) is 0.276. The van der Waals surface area contributed by atoms with Gasteiger partial charge in [0, 0.05) is 19.3 Å². The van der Waals surface area contributed by atoms with Crippen LogP contribution in [0.5, 0.6) is 0 Å². The van der Waals surface area contributed by atoms with Gasteiger partial charge in [-0.2, -0.15) is 0 Å². The first kappa shape index (κ1) is 20.7. The molecule has 1 heterocycles. The van der Waals surface area contributed by atoms with Crippen LogP contribution in [-0.4, -0.2) is 30.9 Å². The molecule has 0 aromatic carbocycles. The molecule has 1 aliphatic heterocycles. The van der Waals surface area contributed by atoms with E-state index in [1.165, 1.54) is 109 Å². The fraction of sp³-hybridized carbons (Fsp3) is 0.952. The minimum Gasteiger partial charge on any atom is -0.281 e. The van der Waals surface area contributed by atoms with Crippen LogP contribution < -0.4 is 0 Å². The van der Waals surface area contributed by atoms with Crippen LogP contribution in [0.15, 0.2) is 4.99 Å². The molecular weight excluding hydrogens is 280 g/mol. The van der Waals surface area contributed by atoms with Crippen LogP contribution in [0.25, 0.3) is 0 Å². The number of aliphatic imine (C=N–C) groups is 1. The van der Waals surface area contributed by atoms with Crippen molar-refractivity contribution in [2.75, 3.05) is 19.8 Å². The van der Waals surface area contributed by atoms with Crippen LogP contribution in [0.3, 0.4) is 0 Å². The Balaban J connectivity index is 1.64. The van der Waals surface area contributed by atoms with E-state index in [1.54, 1.807) is 0 Å². The smallest absolute Gasteiger partial charge is 0.0909 e. The van der Waals surface area contributed by atoms with Gasteiger partial charge in [-0.3, -0.25) is 9.89 Å². The first-order chi connectivity index (χ1) is 11.4. The lowest BCUT2D eigenvalue weighted by Crippen LogP contribution is -2.21. The molecule has 2 nitrogen and oxygen atoms in total. The van der Waals surface area contributed by atoms with E-state index in [2.05, 4.69) is 16.8 Å². The van der Waals surface area contributed by atoms with Crippen molar-refractivity contribution in [2.24, 2.45) is 4.99 Å². The monoisotopic (exact) mass is 322 g/mol. The summed E-state index contributed by atoms with van der Waals surface area (Å²) in [6.07, 6.45) is 25.2. The summed E-state index contributed by atoms with van der Waals surface area (Å²) in [6, 6.07) is 0. The van der Waals surface area contributed by atoms with E-state index in [4.69, 9.17) is 0 Å². The predicted octanol–water partition coefficient (Wildman–Crippen LogP) is 6.59. The highest BCUT2D eigenvalue weighted by Gasteiger charge is 2.05. The van der Waals surface area contributed by atoms with Gasteiger partial charge < -0.3 is 0 Å². The lowest BCUT2D eigenvalue weighted by Gasteiger charge is -2.12. The lowest BCUT2D eigenvalue weighted by atomic mass is 10.0. The molecule has 0 atom stereocenters. The molecule has 1 aliphatic rings. The first-order valence-corrected chi connectivity index (χ1v) is 10.6. The van der Waals surface area contributed by atoms with E-state index >= 15 is 0 Å². The molecule has 136 valence electrons. The fourth-order valence-corrected chi connectivity index (χ4v) is 3.45. The summed E-state index contributed by atoms with van der Waals surface area (Å²) in [7, 11) is 0. The molecule has 0 aromatic heterocycles. The topological polar surface area (TPSA) is 15.6 Å². The zero-order valence-corrected chi connectivity index (χ0v) is 15.9. The Labute approximate surface area is 146 Å². The van der Waals surface area contributed by atoms with Gasteiger partial charge in [-0.15, -0.1) is 0 Å². The standard InChI is InChI=1S/C21H42N2/c1-2-3-4-5-6-7-8-9-10-11-12-13-14-15-16-17-19-23-20-18-22-21-23/h18H,2-17,19-21H2,1H3. The second kappa shape index (κ2) is 16.5. The highest BCUT2D eigenvalue weighted by molar-refractivity contribution is 5.61. The maximum atomic E-state index is 4.26. The highest BCUT2D eigenvalue weighted by atomic mass is 15.2. The Morgan fingerprint density at radius 3 is 1.48 bits per heavy atom. The van der Waals surface area contributed by atoms with Crippen molar-refractivity contribution in [1.29, 1.82) is 0 Å². The van der Waals surface area contributed by atoms with E-state index in [0.29, 0.717) is 0 Å². The number of unbranched alkanes of at least 4 members (excludes halogenated alkanes) is 15. The number of nitrogens with zero attached hydrogens (tertiary/aromatic N) is 2. The van der Waals surface area contributed by atoms with E-state index in [-0.39, 0.29) is 0 Å². The average molecular weight is 323 g/mol. The largest absolute Gasteiger partial charge is 0.281 e. The zero-order valence-electron chi connectivity index (χ0n) is 15.9. The Morgan fingerprint density at radius 1 is 0.652 bits per heavy atom. The summed E-state index contributed by atoms with van der Waals surface area (Å²) in [5, 5.41) is 0. The molecule has 0 fully saturated rings. The van der Waals surface area contributed by atoms with Crippen LogP contribution in [0.1, 0.15) is 110 Å². The van der Waals surface area contributed by atoms with E-state index in [0.717, 1.165) is 13.2 Å². The zero-order chi connectivity index (χ0) is 16.4. The third-order valence-corrected chi connectivity index (χ3v) is 5.08. The predicted molar refractivity (Wildman–Crippen MR) is 104 cm³/mol. The normalized spacial score (nSPS) is 14.8. The third kappa shape index (κ3) is 13.7. The summed E-state index contributed by atoms with van der Waals surface area (Å²) < 4.78 is 0. The second-order valence-electron chi connectivity index (χ2n) is 7.39. The van der Waals surface area contributed by atoms with Crippen LogP contribution >= 0.6 is 0 Å². The molecule has 0 saturated heterocycles. The molecule has 0 spiro atoms. The third-order valence-electron chi connectivity index (χ3n) is 5.08. The second-order valence-corrected chi connectivity index (χ2v) is 7.39. The molecule has 0 saturated carbocycles. The van der Waals surface area contributed by atoms with Crippen molar-refractivity contribution < 1.29 is 0 Å². The number of rotatable bonds is 17. The molecular formula is C21H42N2. The molecule has 1 rings (SSSR count). The van der Waals surface area contributed by atoms with Crippen LogP contribution in [-0.2, 0) is 0 Å². The van der Waals surface area contributed by atoms with Gasteiger partial charge >= 0.3 is 0 Å². The number of hydrogen-bond acceptors (Lipinski definition) is 2.